The van der Waals surface area contributed by atoms with E-state index in [9.17, 15) is 4.79 Å². The first kappa shape index (κ1) is 10.3. The standard InChI is InChI=1S/C12H11NO3/c1-15-8-10-12(14)16-11(13-10)7-9-5-3-2-4-6-9/h2-8,13H,1H3. The first-order valence-electron chi connectivity index (χ1n) is 4.78. The lowest BCUT2D eigenvalue weighted by molar-refractivity contribution is 0.389. The Kier molecular flexibility index (Phi) is 2.91. The van der Waals surface area contributed by atoms with Crippen molar-refractivity contribution >= 4 is 12.3 Å². The van der Waals surface area contributed by atoms with Crippen LogP contribution in [0.25, 0.3) is 12.3 Å². The number of aromatic nitrogens is 1. The van der Waals surface area contributed by atoms with Crippen LogP contribution in [-0.4, -0.2) is 12.1 Å². The van der Waals surface area contributed by atoms with E-state index < -0.39 is 5.63 Å². The molecule has 0 unspecified atom stereocenters. The van der Waals surface area contributed by atoms with Gasteiger partial charge in [-0.1, -0.05) is 30.3 Å². The monoisotopic (exact) mass is 217 g/mol. The Morgan fingerprint density at radius 3 is 2.75 bits per heavy atom. The van der Waals surface area contributed by atoms with Gasteiger partial charge in [0.05, 0.1) is 7.11 Å². The second-order valence-corrected chi connectivity index (χ2v) is 3.20. The maximum absolute atomic E-state index is 11.3. The minimum atomic E-state index is -0.441. The average Bonchev–Trinajstić information content (AvgIpc) is 2.61. The number of hydrogen-bond acceptors (Lipinski definition) is 3. The average molecular weight is 217 g/mol. The molecule has 0 aliphatic carbocycles. The number of ether oxygens (including phenoxy) is 1. The summed E-state index contributed by atoms with van der Waals surface area (Å²) in [4.78, 5) is 14.1. The fourth-order valence-electron chi connectivity index (χ4n) is 1.33. The fraction of sp³-hybridized carbons (Fsp3) is 0.0833. The summed E-state index contributed by atoms with van der Waals surface area (Å²) in [6.45, 7) is 0. The van der Waals surface area contributed by atoms with Crippen molar-refractivity contribution in [2.75, 3.05) is 7.11 Å². The van der Waals surface area contributed by atoms with E-state index in [2.05, 4.69) is 4.98 Å². The van der Waals surface area contributed by atoms with Gasteiger partial charge in [0.25, 0.3) is 0 Å². The number of rotatable bonds is 2. The number of oxazole rings is 1. The Hall–Kier alpha value is -2.23. The molecule has 1 aromatic carbocycles. The minimum Gasteiger partial charge on any atom is -0.502 e. The largest absolute Gasteiger partial charge is 0.502 e. The van der Waals surface area contributed by atoms with Crippen molar-refractivity contribution in [1.82, 2.24) is 4.98 Å². The Balaban J connectivity index is 2.51. The quantitative estimate of drug-likeness (QED) is 0.780. The van der Waals surface area contributed by atoms with Gasteiger partial charge in [-0.05, 0) is 5.56 Å². The summed E-state index contributed by atoms with van der Waals surface area (Å²) in [6, 6.07) is 9.58. The highest BCUT2D eigenvalue weighted by Gasteiger charge is 1.95. The summed E-state index contributed by atoms with van der Waals surface area (Å²) >= 11 is 0. The lowest BCUT2D eigenvalue weighted by atomic mass is 10.2. The van der Waals surface area contributed by atoms with Crippen LogP contribution in [0.15, 0.2) is 39.5 Å². The molecule has 0 radical (unpaired) electrons. The van der Waals surface area contributed by atoms with Gasteiger partial charge in [-0.15, -0.1) is 0 Å². The molecular formula is C12H11NO3. The van der Waals surface area contributed by atoms with E-state index in [1.807, 2.05) is 30.3 Å². The third-order valence-corrected chi connectivity index (χ3v) is 2.01. The zero-order chi connectivity index (χ0) is 11.4. The first-order chi connectivity index (χ1) is 7.79. The normalized spacial score (nSPS) is 13.1. The molecular weight excluding hydrogens is 206 g/mol. The van der Waals surface area contributed by atoms with Gasteiger partial charge in [-0.2, -0.15) is 0 Å². The van der Waals surface area contributed by atoms with Gasteiger partial charge in [-0.3, -0.25) is 0 Å². The molecule has 0 aliphatic heterocycles. The Bertz CT molecular complexity index is 622. The van der Waals surface area contributed by atoms with E-state index in [1.165, 1.54) is 13.4 Å². The van der Waals surface area contributed by atoms with Crippen LogP contribution in [-0.2, 0) is 4.74 Å². The minimum absolute atomic E-state index is 0.296. The third-order valence-electron chi connectivity index (χ3n) is 2.01. The summed E-state index contributed by atoms with van der Waals surface area (Å²) in [7, 11) is 1.47. The van der Waals surface area contributed by atoms with Gasteiger partial charge in [0.1, 0.15) is 6.26 Å². The summed E-state index contributed by atoms with van der Waals surface area (Å²) in [5.41, 5.74) is 0.917. The van der Waals surface area contributed by atoms with Crippen LogP contribution >= 0.6 is 0 Å². The second kappa shape index (κ2) is 4.53. The highest BCUT2D eigenvalue weighted by molar-refractivity contribution is 5.46. The molecule has 0 fully saturated rings. The molecule has 16 heavy (non-hydrogen) atoms. The molecule has 0 spiro atoms. The van der Waals surface area contributed by atoms with Gasteiger partial charge in [0.2, 0.25) is 5.55 Å². The summed E-state index contributed by atoms with van der Waals surface area (Å²) in [5, 5.41) is 0.296. The van der Waals surface area contributed by atoms with Crippen molar-refractivity contribution in [2.24, 2.45) is 0 Å². The van der Waals surface area contributed by atoms with Gasteiger partial charge in [0.15, 0.2) is 5.35 Å². The maximum Gasteiger partial charge on any atom is 0.364 e. The summed E-state index contributed by atoms with van der Waals surface area (Å²) < 4.78 is 9.74. The molecule has 1 heterocycles. The number of benzene rings is 1. The van der Waals surface area contributed by atoms with Crippen LogP contribution in [0.2, 0.25) is 0 Å². The van der Waals surface area contributed by atoms with Crippen molar-refractivity contribution in [2.45, 2.75) is 0 Å². The molecule has 0 atom stereocenters. The molecule has 1 N–H and O–H groups in total. The van der Waals surface area contributed by atoms with Crippen molar-refractivity contribution in [3.8, 4) is 0 Å². The zero-order valence-electron chi connectivity index (χ0n) is 8.77. The predicted octanol–water partition coefficient (Wildman–Crippen LogP) is 0.181. The summed E-state index contributed by atoms with van der Waals surface area (Å²) in [5.74, 6) is 0. The maximum atomic E-state index is 11.3. The third kappa shape index (κ3) is 2.23. The zero-order valence-corrected chi connectivity index (χ0v) is 8.77. The second-order valence-electron chi connectivity index (χ2n) is 3.20. The number of nitrogens with one attached hydrogen (secondary N) is 1. The highest BCUT2D eigenvalue weighted by Crippen LogP contribution is 1.97. The summed E-state index contributed by atoms with van der Waals surface area (Å²) in [6.07, 6.45) is 3.06. The van der Waals surface area contributed by atoms with E-state index >= 15 is 0 Å². The molecule has 0 aliphatic rings. The highest BCUT2D eigenvalue weighted by atomic mass is 16.5. The molecule has 0 bridgehead atoms. The van der Waals surface area contributed by atoms with Crippen molar-refractivity contribution in [1.29, 1.82) is 0 Å². The lowest BCUT2D eigenvalue weighted by Gasteiger charge is -1.87. The Morgan fingerprint density at radius 1 is 1.31 bits per heavy atom. The van der Waals surface area contributed by atoms with Crippen molar-refractivity contribution in [3.63, 3.8) is 0 Å². The lowest BCUT2D eigenvalue weighted by Crippen LogP contribution is -2.21. The van der Waals surface area contributed by atoms with Crippen LogP contribution in [0.4, 0.5) is 0 Å². The van der Waals surface area contributed by atoms with Gasteiger partial charge in [-0.25, -0.2) is 4.79 Å². The van der Waals surface area contributed by atoms with Crippen LogP contribution in [0.5, 0.6) is 0 Å². The first-order valence-corrected chi connectivity index (χ1v) is 4.78. The van der Waals surface area contributed by atoms with Crippen LogP contribution in [0, 0.1) is 0 Å². The van der Waals surface area contributed by atoms with Crippen LogP contribution in [0.1, 0.15) is 5.56 Å². The SMILES string of the molecule is COC=c1[nH]c(=Cc2ccccc2)oc1=O. The number of hydrogen-bond donors (Lipinski definition) is 1. The Morgan fingerprint density at radius 2 is 2.06 bits per heavy atom. The van der Waals surface area contributed by atoms with E-state index in [0.717, 1.165) is 5.56 Å². The van der Waals surface area contributed by atoms with Gasteiger partial charge >= 0.3 is 5.63 Å². The molecule has 4 heteroatoms. The molecule has 1 aromatic heterocycles. The predicted molar refractivity (Wildman–Crippen MR) is 60.1 cm³/mol. The van der Waals surface area contributed by atoms with Crippen molar-refractivity contribution in [3.05, 3.63) is 57.2 Å². The molecule has 82 valence electrons. The van der Waals surface area contributed by atoms with Crippen molar-refractivity contribution < 1.29 is 9.15 Å². The van der Waals surface area contributed by atoms with E-state index in [0.29, 0.717) is 10.9 Å². The van der Waals surface area contributed by atoms with E-state index in [4.69, 9.17) is 9.15 Å². The van der Waals surface area contributed by atoms with Gasteiger partial charge < -0.3 is 14.1 Å². The molecule has 2 aromatic rings. The molecule has 0 amide bonds. The fourth-order valence-corrected chi connectivity index (χ4v) is 1.33. The van der Waals surface area contributed by atoms with Crippen LogP contribution in [0.3, 0.4) is 0 Å². The van der Waals surface area contributed by atoms with E-state index in [-0.39, 0.29) is 0 Å². The Labute approximate surface area is 91.5 Å². The number of methoxy groups -OCH3 is 1. The molecule has 0 saturated carbocycles. The molecule has 0 saturated heterocycles. The number of H-pyrrole nitrogens is 1. The molecule has 2 rings (SSSR count). The van der Waals surface area contributed by atoms with Gasteiger partial charge in [0, 0.05) is 6.08 Å². The smallest absolute Gasteiger partial charge is 0.364 e. The van der Waals surface area contributed by atoms with E-state index in [1.54, 1.807) is 6.08 Å². The van der Waals surface area contributed by atoms with Crippen LogP contribution < -0.4 is 16.5 Å². The molecule has 4 nitrogen and oxygen atoms in total. The number of aromatic amines is 1. The topological polar surface area (TPSA) is 55.2 Å².